The molecule has 0 aliphatic rings. The van der Waals surface area contributed by atoms with Crippen molar-refractivity contribution in [3.05, 3.63) is 22.7 Å². The molecule has 0 unspecified atom stereocenters. The van der Waals surface area contributed by atoms with Crippen LogP contribution in [0.2, 0.25) is 0 Å². The molecule has 0 saturated heterocycles. The number of nitrogens with zero attached hydrogens (tertiary/aromatic N) is 2. The van der Waals surface area contributed by atoms with Crippen LogP contribution in [0.25, 0.3) is 0 Å². The van der Waals surface area contributed by atoms with Crippen LogP contribution in [0.1, 0.15) is 0 Å². The third kappa shape index (κ3) is 1.39. The number of hydrogen-bond donors (Lipinski definition) is 0. The fourth-order valence-corrected chi connectivity index (χ4v) is 1.000. The Labute approximate surface area is 63.1 Å². The van der Waals surface area contributed by atoms with Gasteiger partial charge in [0.1, 0.15) is 5.03 Å². The molecule has 0 fully saturated rings. The fourth-order valence-electron chi connectivity index (χ4n) is 0.578. The molecule has 0 aliphatic carbocycles. The maximum atomic E-state index is 10.8. The van der Waals surface area contributed by atoms with Crippen LogP contribution < -0.4 is 5.56 Å². The van der Waals surface area contributed by atoms with Gasteiger partial charge in [0, 0.05) is 13.2 Å². The predicted octanol–water partition coefficient (Wildman–Crippen LogP) is 0.502. The van der Waals surface area contributed by atoms with Crippen molar-refractivity contribution in [1.82, 2.24) is 9.55 Å². The molecule has 0 aliphatic heterocycles. The highest BCUT2D eigenvalue weighted by Gasteiger charge is 1.92. The molecule has 4 heteroatoms. The monoisotopic (exact) mass is 156 g/mol. The van der Waals surface area contributed by atoms with Gasteiger partial charge in [0.2, 0.25) is 0 Å². The Kier molecular flexibility index (Phi) is 2.11. The van der Waals surface area contributed by atoms with E-state index >= 15 is 0 Å². The Morgan fingerprint density at radius 3 is 2.90 bits per heavy atom. The molecule has 0 saturated carbocycles. The van der Waals surface area contributed by atoms with E-state index in [1.807, 2.05) is 6.26 Å². The summed E-state index contributed by atoms with van der Waals surface area (Å²) in [5, 5.41) is 0.863. The van der Waals surface area contributed by atoms with Crippen LogP contribution in [0.3, 0.4) is 0 Å². The first-order valence-corrected chi connectivity index (χ1v) is 4.03. The molecule has 1 heterocycles. The Morgan fingerprint density at radius 2 is 2.40 bits per heavy atom. The molecule has 0 bridgehead atoms. The van der Waals surface area contributed by atoms with E-state index in [9.17, 15) is 4.79 Å². The number of aromatic nitrogens is 2. The van der Waals surface area contributed by atoms with Crippen LogP contribution in [0.5, 0.6) is 0 Å². The smallest absolute Gasteiger partial charge is 0.268 e. The van der Waals surface area contributed by atoms with Crippen molar-refractivity contribution in [3.63, 3.8) is 0 Å². The van der Waals surface area contributed by atoms with Crippen molar-refractivity contribution in [1.29, 1.82) is 0 Å². The Balaban J connectivity index is 3.17. The predicted molar refractivity (Wildman–Crippen MR) is 41.3 cm³/mol. The van der Waals surface area contributed by atoms with E-state index in [1.54, 1.807) is 13.2 Å². The lowest BCUT2D eigenvalue weighted by Gasteiger charge is -1.96. The summed E-state index contributed by atoms with van der Waals surface area (Å²) in [5.41, 5.74) is -0.0715. The lowest BCUT2D eigenvalue weighted by Crippen LogP contribution is -2.15. The molecule has 1 aromatic heterocycles. The van der Waals surface area contributed by atoms with Gasteiger partial charge < -0.3 is 4.57 Å². The van der Waals surface area contributed by atoms with E-state index in [2.05, 4.69) is 4.98 Å². The van der Waals surface area contributed by atoms with Gasteiger partial charge in [-0.3, -0.25) is 4.79 Å². The van der Waals surface area contributed by atoms with Gasteiger partial charge >= 0.3 is 0 Å². The standard InChI is InChI=1S/C6H8N2OS/c1-8-4-5(10-2)7-3-6(8)9/h3-4H,1-2H3. The maximum Gasteiger partial charge on any atom is 0.268 e. The highest BCUT2D eigenvalue weighted by Crippen LogP contribution is 2.06. The van der Waals surface area contributed by atoms with Gasteiger partial charge in [0.05, 0.1) is 6.20 Å². The molecular weight excluding hydrogens is 148 g/mol. The van der Waals surface area contributed by atoms with Crippen LogP contribution in [0.4, 0.5) is 0 Å². The van der Waals surface area contributed by atoms with Gasteiger partial charge in [-0.15, -0.1) is 11.8 Å². The molecule has 10 heavy (non-hydrogen) atoms. The van der Waals surface area contributed by atoms with Gasteiger partial charge in [0.15, 0.2) is 0 Å². The van der Waals surface area contributed by atoms with Crippen molar-refractivity contribution in [2.45, 2.75) is 5.03 Å². The first-order chi connectivity index (χ1) is 4.74. The Morgan fingerprint density at radius 1 is 1.70 bits per heavy atom. The molecule has 0 radical (unpaired) electrons. The Bertz CT molecular complexity index is 281. The zero-order chi connectivity index (χ0) is 7.56. The highest BCUT2D eigenvalue weighted by molar-refractivity contribution is 7.98. The summed E-state index contributed by atoms with van der Waals surface area (Å²) < 4.78 is 1.51. The summed E-state index contributed by atoms with van der Waals surface area (Å²) in [6.07, 6.45) is 4.96. The van der Waals surface area contributed by atoms with E-state index < -0.39 is 0 Å². The topological polar surface area (TPSA) is 34.9 Å². The van der Waals surface area contributed by atoms with E-state index in [0.29, 0.717) is 0 Å². The lowest BCUT2D eigenvalue weighted by atomic mass is 10.7. The lowest BCUT2D eigenvalue weighted by molar-refractivity contribution is 0.805. The molecule has 54 valence electrons. The largest absolute Gasteiger partial charge is 0.315 e. The molecule has 1 rings (SSSR count). The van der Waals surface area contributed by atoms with Crippen molar-refractivity contribution in [2.24, 2.45) is 7.05 Å². The zero-order valence-electron chi connectivity index (χ0n) is 5.87. The average molecular weight is 156 g/mol. The van der Waals surface area contributed by atoms with Gasteiger partial charge in [-0.05, 0) is 6.26 Å². The van der Waals surface area contributed by atoms with Gasteiger partial charge in [0.25, 0.3) is 5.56 Å². The summed E-state index contributed by atoms with van der Waals surface area (Å²) in [5.74, 6) is 0. The zero-order valence-corrected chi connectivity index (χ0v) is 6.68. The van der Waals surface area contributed by atoms with Gasteiger partial charge in [-0.25, -0.2) is 4.98 Å². The van der Waals surface area contributed by atoms with Crippen LogP contribution >= 0.6 is 11.8 Å². The minimum absolute atomic E-state index is 0.0715. The summed E-state index contributed by atoms with van der Waals surface area (Å²) in [6, 6.07) is 0. The SMILES string of the molecule is CSc1cn(C)c(=O)cn1. The summed E-state index contributed by atoms with van der Waals surface area (Å²) in [7, 11) is 1.71. The normalized spacial score (nSPS) is 9.80. The average Bonchev–Trinajstić information content (AvgIpc) is 1.95. The second-order valence-corrected chi connectivity index (χ2v) is 2.71. The number of hydrogen-bond acceptors (Lipinski definition) is 3. The molecule has 0 aromatic carbocycles. The van der Waals surface area contributed by atoms with Crippen LogP contribution in [0, 0.1) is 0 Å². The minimum Gasteiger partial charge on any atom is -0.315 e. The number of thioether (sulfide) groups is 1. The van der Waals surface area contributed by atoms with Crippen LogP contribution in [0.15, 0.2) is 22.2 Å². The van der Waals surface area contributed by atoms with E-state index in [1.165, 1.54) is 22.5 Å². The third-order valence-electron chi connectivity index (χ3n) is 1.16. The third-order valence-corrected chi connectivity index (χ3v) is 1.79. The summed E-state index contributed by atoms with van der Waals surface area (Å²) in [4.78, 5) is 14.7. The number of rotatable bonds is 1. The summed E-state index contributed by atoms with van der Waals surface area (Å²) in [6.45, 7) is 0. The first-order valence-electron chi connectivity index (χ1n) is 2.80. The van der Waals surface area contributed by atoms with Gasteiger partial charge in [-0.2, -0.15) is 0 Å². The highest BCUT2D eigenvalue weighted by atomic mass is 32.2. The molecule has 1 aromatic rings. The van der Waals surface area contributed by atoms with Crippen LogP contribution in [-0.4, -0.2) is 15.8 Å². The van der Waals surface area contributed by atoms with E-state index in [-0.39, 0.29) is 5.56 Å². The molecule has 0 spiro atoms. The fraction of sp³-hybridized carbons (Fsp3) is 0.333. The van der Waals surface area contributed by atoms with Crippen molar-refractivity contribution in [2.75, 3.05) is 6.26 Å². The molecular formula is C6H8N2OS. The minimum atomic E-state index is -0.0715. The Hall–Kier alpha value is -0.770. The van der Waals surface area contributed by atoms with Crippen LogP contribution in [-0.2, 0) is 7.05 Å². The number of aryl methyl sites for hydroxylation is 1. The quantitative estimate of drug-likeness (QED) is 0.555. The maximum absolute atomic E-state index is 10.8. The second kappa shape index (κ2) is 2.88. The van der Waals surface area contributed by atoms with Gasteiger partial charge in [-0.1, -0.05) is 0 Å². The van der Waals surface area contributed by atoms with E-state index in [0.717, 1.165) is 5.03 Å². The molecule has 0 N–H and O–H groups in total. The van der Waals surface area contributed by atoms with E-state index in [4.69, 9.17) is 0 Å². The van der Waals surface area contributed by atoms with Crippen molar-refractivity contribution < 1.29 is 0 Å². The second-order valence-electron chi connectivity index (χ2n) is 1.88. The first kappa shape index (κ1) is 7.34. The van der Waals surface area contributed by atoms with Crippen molar-refractivity contribution in [3.8, 4) is 0 Å². The summed E-state index contributed by atoms with van der Waals surface area (Å²) >= 11 is 1.52. The molecule has 0 atom stereocenters. The molecule has 0 amide bonds. The van der Waals surface area contributed by atoms with Crippen molar-refractivity contribution >= 4 is 11.8 Å². The molecule has 3 nitrogen and oxygen atoms in total.